The summed E-state index contributed by atoms with van der Waals surface area (Å²) in [4.78, 5) is 17.6. The molecule has 0 saturated carbocycles. The molecule has 0 radical (unpaired) electrons. The molecule has 4 N–H and O–H groups in total. The van der Waals surface area contributed by atoms with Gasteiger partial charge in [-0.05, 0) is 54.7 Å². The number of anilines is 1. The van der Waals surface area contributed by atoms with Crippen molar-refractivity contribution in [2.75, 3.05) is 18.4 Å². The van der Waals surface area contributed by atoms with E-state index in [0.717, 1.165) is 12.0 Å². The molecule has 34 heavy (non-hydrogen) atoms. The molecule has 0 unspecified atom stereocenters. The van der Waals surface area contributed by atoms with Crippen LogP contribution in [0.15, 0.2) is 60.7 Å². The number of nitrogens with zero attached hydrogens (tertiary/aromatic N) is 2. The maximum Gasteiger partial charge on any atom is 0.255 e. The third-order valence-corrected chi connectivity index (χ3v) is 5.36. The third kappa shape index (κ3) is 6.87. The van der Waals surface area contributed by atoms with Gasteiger partial charge in [-0.15, -0.1) is 0 Å². The zero-order valence-corrected chi connectivity index (χ0v) is 19.5. The number of halogens is 1. The van der Waals surface area contributed by atoms with Crippen LogP contribution in [0.4, 0.5) is 10.2 Å². The molecule has 0 aliphatic rings. The Bertz CT molecular complexity index is 1170. The van der Waals surface area contributed by atoms with E-state index in [1.165, 1.54) is 12.1 Å². The van der Waals surface area contributed by atoms with Crippen LogP contribution in [0.3, 0.4) is 0 Å². The maximum atomic E-state index is 13.5. The number of nitrogens with one attached hydrogen (secondary N) is 2. The zero-order valence-electron chi connectivity index (χ0n) is 19.5. The Balaban J connectivity index is 1.83. The van der Waals surface area contributed by atoms with Crippen LogP contribution in [0.5, 0.6) is 0 Å². The highest BCUT2D eigenvalue weighted by Gasteiger charge is 2.17. The molecule has 0 fully saturated rings. The van der Waals surface area contributed by atoms with Crippen molar-refractivity contribution in [3.63, 3.8) is 0 Å². The molecule has 1 heterocycles. The second kappa shape index (κ2) is 11.9. The Morgan fingerprint density at radius 3 is 2.68 bits per heavy atom. The number of hydrogen-bond acceptors (Lipinski definition) is 5. The van der Waals surface area contributed by atoms with E-state index in [-0.39, 0.29) is 17.8 Å². The third-order valence-electron chi connectivity index (χ3n) is 5.36. The molecule has 1 amide bonds. The van der Waals surface area contributed by atoms with Crippen molar-refractivity contribution in [3.05, 3.63) is 83.2 Å². The number of benzene rings is 2. The highest BCUT2D eigenvalue weighted by Crippen LogP contribution is 2.25. The minimum Gasteiger partial charge on any atom is -0.369 e. The van der Waals surface area contributed by atoms with Crippen molar-refractivity contribution in [1.82, 2.24) is 10.3 Å². The number of nitrogens with two attached hydrogens (primary N) is 1. The lowest BCUT2D eigenvalue weighted by atomic mass is 10.0. The van der Waals surface area contributed by atoms with Crippen molar-refractivity contribution in [1.29, 1.82) is 5.26 Å². The smallest absolute Gasteiger partial charge is 0.255 e. The minimum atomic E-state index is -0.288. The molecule has 1 atom stereocenters. The van der Waals surface area contributed by atoms with E-state index >= 15 is 0 Å². The van der Waals surface area contributed by atoms with Crippen LogP contribution in [-0.2, 0) is 6.42 Å². The fourth-order valence-corrected chi connectivity index (χ4v) is 3.76. The van der Waals surface area contributed by atoms with Crippen LogP contribution in [-0.4, -0.2) is 30.0 Å². The lowest BCUT2D eigenvalue weighted by Crippen LogP contribution is -2.38. The van der Waals surface area contributed by atoms with Crippen LogP contribution >= 0.6 is 0 Å². The maximum absolute atomic E-state index is 13.5. The molecule has 0 saturated heterocycles. The number of rotatable bonds is 10. The normalized spacial score (nSPS) is 11.6. The largest absolute Gasteiger partial charge is 0.369 e. The van der Waals surface area contributed by atoms with Gasteiger partial charge in [0, 0.05) is 24.7 Å². The van der Waals surface area contributed by atoms with Gasteiger partial charge in [0.05, 0.1) is 22.9 Å². The Kier molecular flexibility index (Phi) is 8.72. The van der Waals surface area contributed by atoms with Gasteiger partial charge in [0.25, 0.3) is 5.91 Å². The van der Waals surface area contributed by atoms with E-state index in [2.05, 4.69) is 35.5 Å². The topological polar surface area (TPSA) is 104 Å². The van der Waals surface area contributed by atoms with Gasteiger partial charge >= 0.3 is 0 Å². The van der Waals surface area contributed by atoms with E-state index in [9.17, 15) is 14.4 Å². The Hall–Kier alpha value is -3.76. The Morgan fingerprint density at radius 2 is 1.94 bits per heavy atom. The summed E-state index contributed by atoms with van der Waals surface area (Å²) in [5.74, 6) is 0.272. The summed E-state index contributed by atoms with van der Waals surface area (Å²) in [6.45, 7) is 4.99. The predicted molar refractivity (Wildman–Crippen MR) is 133 cm³/mol. The standard InChI is InChI=1S/C27H30FN5O/c1-18(2)14-22(30)17-32-27(34)24-10-11-25(23-9-4-3-7-20(23)16-29)33-26(24)31-13-12-19-6-5-8-21(28)15-19/h3-11,15,18,22H,12-14,17,30H2,1-2H3,(H,31,33)(H,32,34)/t22-/m1/s1. The molecule has 6 nitrogen and oxygen atoms in total. The average Bonchev–Trinajstić information content (AvgIpc) is 2.82. The molecular formula is C27H30FN5O. The molecule has 176 valence electrons. The van der Waals surface area contributed by atoms with Gasteiger partial charge in [0.1, 0.15) is 11.6 Å². The number of carbonyl (C=O) groups is 1. The average molecular weight is 460 g/mol. The number of amides is 1. The van der Waals surface area contributed by atoms with E-state index in [4.69, 9.17) is 5.73 Å². The lowest BCUT2D eigenvalue weighted by molar-refractivity contribution is 0.0950. The fourth-order valence-electron chi connectivity index (χ4n) is 3.76. The fraction of sp³-hybridized carbons (Fsp3) is 0.296. The highest BCUT2D eigenvalue weighted by molar-refractivity contribution is 5.99. The molecule has 3 aromatic rings. The Labute approximate surface area is 200 Å². The van der Waals surface area contributed by atoms with Gasteiger partial charge in [-0.1, -0.05) is 44.2 Å². The number of hydrogen-bond donors (Lipinski definition) is 3. The minimum absolute atomic E-state index is 0.136. The first-order valence-electron chi connectivity index (χ1n) is 11.4. The molecule has 0 aliphatic carbocycles. The summed E-state index contributed by atoms with van der Waals surface area (Å²) in [6.07, 6.45) is 1.36. The van der Waals surface area contributed by atoms with Crippen LogP contribution < -0.4 is 16.4 Å². The highest BCUT2D eigenvalue weighted by atomic mass is 19.1. The van der Waals surface area contributed by atoms with E-state index < -0.39 is 0 Å². The van der Waals surface area contributed by atoms with E-state index in [0.29, 0.717) is 53.6 Å². The summed E-state index contributed by atoms with van der Waals surface area (Å²) in [6, 6.07) is 19.1. The van der Waals surface area contributed by atoms with Gasteiger partial charge in [0.2, 0.25) is 0 Å². The van der Waals surface area contributed by atoms with Crippen molar-refractivity contribution in [2.24, 2.45) is 11.7 Å². The SMILES string of the molecule is CC(C)C[C@@H](N)CNC(=O)c1ccc(-c2ccccc2C#N)nc1NCCc1cccc(F)c1. The van der Waals surface area contributed by atoms with Crippen molar-refractivity contribution in [2.45, 2.75) is 32.7 Å². The van der Waals surface area contributed by atoms with Gasteiger partial charge in [-0.25, -0.2) is 9.37 Å². The molecule has 1 aromatic heterocycles. The van der Waals surface area contributed by atoms with Crippen LogP contribution in [0, 0.1) is 23.1 Å². The monoisotopic (exact) mass is 459 g/mol. The summed E-state index contributed by atoms with van der Waals surface area (Å²) in [5, 5.41) is 15.6. The second-order valence-electron chi connectivity index (χ2n) is 8.66. The molecule has 3 rings (SSSR count). The summed E-state index contributed by atoms with van der Waals surface area (Å²) in [5.41, 5.74) is 9.11. The van der Waals surface area contributed by atoms with E-state index in [1.807, 2.05) is 18.2 Å². The summed E-state index contributed by atoms with van der Waals surface area (Å²) >= 11 is 0. The van der Waals surface area contributed by atoms with Crippen molar-refractivity contribution < 1.29 is 9.18 Å². The predicted octanol–water partition coefficient (Wildman–Crippen LogP) is 4.52. The van der Waals surface area contributed by atoms with Gasteiger partial charge in [-0.3, -0.25) is 4.79 Å². The summed E-state index contributed by atoms with van der Waals surface area (Å²) in [7, 11) is 0. The van der Waals surface area contributed by atoms with Crippen LogP contribution in [0.1, 0.15) is 41.8 Å². The summed E-state index contributed by atoms with van der Waals surface area (Å²) < 4.78 is 13.5. The zero-order chi connectivity index (χ0) is 24.5. The van der Waals surface area contributed by atoms with E-state index in [1.54, 1.807) is 30.3 Å². The molecule has 2 aromatic carbocycles. The number of nitriles is 1. The number of carbonyl (C=O) groups excluding carboxylic acids is 1. The van der Waals surface area contributed by atoms with Gasteiger partial charge in [0.15, 0.2) is 0 Å². The van der Waals surface area contributed by atoms with Crippen molar-refractivity contribution in [3.8, 4) is 17.3 Å². The molecule has 0 bridgehead atoms. The number of aromatic nitrogens is 1. The molecular weight excluding hydrogens is 429 g/mol. The first-order valence-corrected chi connectivity index (χ1v) is 11.4. The van der Waals surface area contributed by atoms with Gasteiger partial charge < -0.3 is 16.4 Å². The quantitative estimate of drug-likeness (QED) is 0.414. The molecule has 0 spiro atoms. The van der Waals surface area contributed by atoms with Crippen LogP contribution in [0.25, 0.3) is 11.3 Å². The number of pyridine rings is 1. The lowest BCUT2D eigenvalue weighted by Gasteiger charge is -2.17. The first-order chi connectivity index (χ1) is 16.4. The van der Waals surface area contributed by atoms with Gasteiger partial charge in [-0.2, -0.15) is 5.26 Å². The Morgan fingerprint density at radius 1 is 1.15 bits per heavy atom. The second-order valence-corrected chi connectivity index (χ2v) is 8.66. The molecule has 0 aliphatic heterocycles. The molecule has 7 heteroatoms. The van der Waals surface area contributed by atoms with Crippen molar-refractivity contribution >= 4 is 11.7 Å². The van der Waals surface area contributed by atoms with Crippen LogP contribution in [0.2, 0.25) is 0 Å². The first kappa shape index (κ1) is 24.9.